The lowest BCUT2D eigenvalue weighted by atomic mass is 9.99. The van der Waals surface area contributed by atoms with Crippen LogP contribution < -0.4 is 11.2 Å². The van der Waals surface area contributed by atoms with E-state index in [4.69, 9.17) is 5.26 Å². The van der Waals surface area contributed by atoms with Crippen LogP contribution in [0.15, 0.2) is 15.8 Å². The molecule has 0 bridgehead atoms. The molecule has 2 rings (SSSR count). The first-order valence-corrected chi connectivity index (χ1v) is 8.11. The van der Waals surface area contributed by atoms with Gasteiger partial charge in [-0.2, -0.15) is 5.26 Å². The Labute approximate surface area is 135 Å². The number of piperidine rings is 1. The molecular formula is C16H24N4O3. The van der Waals surface area contributed by atoms with Crippen molar-refractivity contribution in [3.05, 3.63) is 32.6 Å². The molecule has 7 heteroatoms. The average molecular weight is 320 g/mol. The summed E-state index contributed by atoms with van der Waals surface area (Å²) in [6, 6.07) is 1.81. The molecule has 0 aromatic carbocycles. The lowest BCUT2D eigenvalue weighted by Crippen LogP contribution is -2.46. The number of aliphatic hydroxyl groups excluding tert-OH is 1. The molecule has 1 aliphatic heterocycles. The highest BCUT2D eigenvalue weighted by Crippen LogP contribution is 2.15. The summed E-state index contributed by atoms with van der Waals surface area (Å²) in [6.07, 6.45) is 2.66. The molecule has 1 atom stereocenters. The van der Waals surface area contributed by atoms with Crippen LogP contribution in [0.5, 0.6) is 0 Å². The summed E-state index contributed by atoms with van der Waals surface area (Å²) < 4.78 is 2.29. The molecule has 1 aromatic rings. The smallest absolute Gasteiger partial charge is 0.331 e. The number of aliphatic hydroxyl groups is 1. The Morgan fingerprint density at radius 2 is 2.00 bits per heavy atom. The lowest BCUT2D eigenvalue weighted by Gasteiger charge is -2.31. The van der Waals surface area contributed by atoms with Crippen LogP contribution in [0.2, 0.25) is 0 Å². The zero-order valence-corrected chi connectivity index (χ0v) is 13.7. The molecule has 126 valence electrons. The van der Waals surface area contributed by atoms with Gasteiger partial charge < -0.3 is 10.0 Å². The Morgan fingerprint density at radius 1 is 1.35 bits per heavy atom. The van der Waals surface area contributed by atoms with E-state index in [0.717, 1.165) is 30.5 Å². The van der Waals surface area contributed by atoms with Crippen LogP contribution in [-0.2, 0) is 13.1 Å². The number of aromatic nitrogens is 2. The predicted molar refractivity (Wildman–Crippen MR) is 86.2 cm³/mol. The monoisotopic (exact) mass is 320 g/mol. The Bertz CT molecular complexity index is 693. The number of rotatable bonds is 5. The normalized spacial score (nSPS) is 17.8. The van der Waals surface area contributed by atoms with E-state index in [0.29, 0.717) is 19.0 Å². The van der Waals surface area contributed by atoms with Crippen LogP contribution in [0.3, 0.4) is 0 Å². The van der Waals surface area contributed by atoms with Crippen molar-refractivity contribution < 1.29 is 5.11 Å². The Kier molecular flexibility index (Phi) is 5.74. The molecule has 1 aliphatic rings. The van der Waals surface area contributed by atoms with Gasteiger partial charge in [-0.1, -0.05) is 6.92 Å². The standard InChI is InChI=1S/C16H24N4O3/c1-3-19-9-13(8-17)15(22)20(16(19)23)11-14(21)10-18-6-4-12(2)5-7-18/h9,12,14,21H,3-7,10-11H2,1-2H3. The van der Waals surface area contributed by atoms with Crippen molar-refractivity contribution in [3.63, 3.8) is 0 Å². The van der Waals surface area contributed by atoms with Gasteiger partial charge in [-0.3, -0.25) is 13.9 Å². The Morgan fingerprint density at radius 3 is 2.57 bits per heavy atom. The molecule has 1 N–H and O–H groups in total. The van der Waals surface area contributed by atoms with E-state index in [1.54, 1.807) is 6.92 Å². The molecule has 1 unspecified atom stereocenters. The minimum atomic E-state index is -0.812. The molecule has 1 fully saturated rings. The number of β-amino-alcohol motifs (C(OH)–C–C–N with tert-alkyl or cyclic N) is 1. The molecule has 7 nitrogen and oxygen atoms in total. The molecule has 0 amide bonds. The zero-order chi connectivity index (χ0) is 17.0. The maximum absolute atomic E-state index is 12.3. The maximum atomic E-state index is 12.3. The van der Waals surface area contributed by atoms with E-state index in [-0.39, 0.29) is 12.1 Å². The summed E-state index contributed by atoms with van der Waals surface area (Å²) in [4.78, 5) is 26.6. The van der Waals surface area contributed by atoms with E-state index in [1.807, 2.05) is 6.07 Å². The van der Waals surface area contributed by atoms with Crippen LogP contribution >= 0.6 is 0 Å². The van der Waals surface area contributed by atoms with Crippen LogP contribution in [0.4, 0.5) is 0 Å². The summed E-state index contributed by atoms with van der Waals surface area (Å²) in [5.41, 5.74) is -1.19. The van der Waals surface area contributed by atoms with Crippen molar-refractivity contribution >= 4 is 0 Å². The summed E-state index contributed by atoms with van der Waals surface area (Å²) in [6.45, 7) is 6.54. The quantitative estimate of drug-likeness (QED) is 0.824. The highest BCUT2D eigenvalue weighted by Gasteiger charge is 2.20. The molecule has 1 aromatic heterocycles. The van der Waals surface area contributed by atoms with Gasteiger partial charge in [0.1, 0.15) is 11.6 Å². The molecule has 0 radical (unpaired) electrons. The van der Waals surface area contributed by atoms with Crippen LogP contribution in [0.1, 0.15) is 32.3 Å². The van der Waals surface area contributed by atoms with Gasteiger partial charge >= 0.3 is 5.69 Å². The van der Waals surface area contributed by atoms with Gasteiger partial charge in [-0.05, 0) is 38.8 Å². The molecular weight excluding hydrogens is 296 g/mol. The van der Waals surface area contributed by atoms with E-state index < -0.39 is 17.4 Å². The largest absolute Gasteiger partial charge is 0.390 e. The second-order valence-electron chi connectivity index (χ2n) is 6.28. The van der Waals surface area contributed by atoms with E-state index in [9.17, 15) is 14.7 Å². The number of aryl methyl sites for hydroxylation is 1. The first kappa shape index (κ1) is 17.4. The maximum Gasteiger partial charge on any atom is 0.331 e. The van der Waals surface area contributed by atoms with Gasteiger partial charge in [0.25, 0.3) is 5.56 Å². The van der Waals surface area contributed by atoms with E-state index in [1.165, 1.54) is 10.8 Å². The van der Waals surface area contributed by atoms with Crippen molar-refractivity contribution in [1.29, 1.82) is 5.26 Å². The second-order valence-corrected chi connectivity index (χ2v) is 6.28. The minimum absolute atomic E-state index is 0.0783. The summed E-state index contributed by atoms with van der Waals surface area (Å²) >= 11 is 0. The zero-order valence-electron chi connectivity index (χ0n) is 13.7. The number of nitrogens with zero attached hydrogens (tertiary/aromatic N) is 4. The third kappa shape index (κ3) is 4.09. The molecule has 1 saturated heterocycles. The second kappa shape index (κ2) is 7.57. The summed E-state index contributed by atoms with van der Waals surface area (Å²) in [5, 5.41) is 19.3. The fourth-order valence-corrected chi connectivity index (χ4v) is 2.93. The molecule has 23 heavy (non-hydrogen) atoms. The Hall–Kier alpha value is -1.91. The van der Waals surface area contributed by atoms with E-state index >= 15 is 0 Å². The van der Waals surface area contributed by atoms with Crippen LogP contribution in [0.25, 0.3) is 0 Å². The van der Waals surface area contributed by atoms with Crippen molar-refractivity contribution in [1.82, 2.24) is 14.0 Å². The predicted octanol–water partition coefficient (Wildman–Crippen LogP) is -0.00562. The van der Waals surface area contributed by atoms with Gasteiger partial charge in [0.05, 0.1) is 12.6 Å². The summed E-state index contributed by atoms with van der Waals surface area (Å²) in [7, 11) is 0. The Balaban J connectivity index is 2.14. The van der Waals surface area contributed by atoms with Gasteiger partial charge in [0.2, 0.25) is 0 Å². The third-order valence-electron chi connectivity index (χ3n) is 4.44. The highest BCUT2D eigenvalue weighted by molar-refractivity contribution is 5.22. The molecule has 2 heterocycles. The third-order valence-corrected chi connectivity index (χ3v) is 4.44. The first-order valence-electron chi connectivity index (χ1n) is 8.11. The van der Waals surface area contributed by atoms with Crippen LogP contribution in [-0.4, -0.2) is 44.9 Å². The molecule has 0 aliphatic carbocycles. The van der Waals surface area contributed by atoms with Gasteiger partial charge in [0, 0.05) is 19.3 Å². The molecule has 0 spiro atoms. The first-order chi connectivity index (χ1) is 11.0. The fraction of sp³-hybridized carbons (Fsp3) is 0.688. The topological polar surface area (TPSA) is 91.3 Å². The number of likely N-dealkylation sites (tertiary alicyclic amines) is 1. The van der Waals surface area contributed by atoms with Crippen molar-refractivity contribution in [2.75, 3.05) is 19.6 Å². The van der Waals surface area contributed by atoms with Gasteiger partial charge in [0.15, 0.2) is 0 Å². The number of hydrogen-bond acceptors (Lipinski definition) is 5. The van der Waals surface area contributed by atoms with Crippen molar-refractivity contribution in [2.45, 2.75) is 45.9 Å². The van der Waals surface area contributed by atoms with Crippen molar-refractivity contribution in [2.24, 2.45) is 5.92 Å². The SMILES string of the molecule is CCn1cc(C#N)c(=O)n(CC(O)CN2CCC(C)CC2)c1=O. The van der Waals surface area contributed by atoms with Gasteiger partial charge in [-0.15, -0.1) is 0 Å². The number of hydrogen-bond donors (Lipinski definition) is 1. The van der Waals surface area contributed by atoms with Crippen molar-refractivity contribution in [3.8, 4) is 6.07 Å². The minimum Gasteiger partial charge on any atom is -0.390 e. The van der Waals surface area contributed by atoms with Gasteiger partial charge in [-0.25, -0.2) is 4.79 Å². The average Bonchev–Trinajstić information content (AvgIpc) is 2.54. The number of nitriles is 1. The summed E-state index contributed by atoms with van der Waals surface area (Å²) in [5.74, 6) is 0.704. The van der Waals surface area contributed by atoms with Crippen LogP contribution in [0, 0.1) is 17.2 Å². The van der Waals surface area contributed by atoms with E-state index in [2.05, 4.69) is 11.8 Å². The lowest BCUT2D eigenvalue weighted by molar-refractivity contribution is 0.0782. The fourth-order valence-electron chi connectivity index (χ4n) is 2.93. The highest BCUT2D eigenvalue weighted by atomic mass is 16.3. The molecule has 0 saturated carbocycles.